The van der Waals surface area contributed by atoms with Gasteiger partial charge < -0.3 is 14.8 Å². The molecule has 140 valence electrons. The molecule has 1 rings (SSSR count). The molecule has 0 fully saturated rings. The Bertz CT molecular complexity index is 640. The molecule has 1 heterocycles. The Morgan fingerprint density at radius 2 is 1.96 bits per heavy atom. The van der Waals surface area contributed by atoms with E-state index in [9.17, 15) is 9.18 Å². The van der Waals surface area contributed by atoms with Crippen LogP contribution < -0.4 is 10.1 Å². The number of pyridine rings is 1. The molecule has 25 heavy (non-hydrogen) atoms. The third-order valence-electron chi connectivity index (χ3n) is 2.95. The van der Waals surface area contributed by atoms with E-state index in [4.69, 9.17) is 9.47 Å². The van der Waals surface area contributed by atoms with Crippen LogP contribution in [0.2, 0.25) is 0 Å². The molecule has 1 aromatic rings. The summed E-state index contributed by atoms with van der Waals surface area (Å²) in [7, 11) is 0. The van der Waals surface area contributed by atoms with E-state index in [1.165, 1.54) is 0 Å². The summed E-state index contributed by atoms with van der Waals surface area (Å²) in [6, 6.07) is 3.32. The van der Waals surface area contributed by atoms with Gasteiger partial charge in [-0.1, -0.05) is 11.6 Å². The Hall–Kier alpha value is -1.63. The number of alkyl carbamates (subject to hydrolysis) is 1. The van der Waals surface area contributed by atoms with E-state index in [-0.39, 0.29) is 12.3 Å². The van der Waals surface area contributed by atoms with Crippen molar-refractivity contribution in [2.45, 2.75) is 59.4 Å². The van der Waals surface area contributed by atoms with Crippen LogP contribution in [0, 0.1) is 0 Å². The lowest BCUT2D eigenvalue weighted by atomic mass is 10.0. The third-order valence-corrected chi connectivity index (χ3v) is 3.39. The van der Waals surface area contributed by atoms with Gasteiger partial charge in [0, 0.05) is 0 Å². The summed E-state index contributed by atoms with van der Waals surface area (Å²) in [5.74, 6) is 0.338. The van der Waals surface area contributed by atoms with Gasteiger partial charge in [0.1, 0.15) is 34.9 Å². The Morgan fingerprint density at radius 3 is 2.48 bits per heavy atom. The Labute approximate surface area is 157 Å². The molecule has 0 aliphatic carbocycles. The van der Waals surface area contributed by atoms with Crippen LogP contribution in [-0.4, -0.2) is 28.8 Å². The molecular formula is C18H26BrFN2O3. The molecule has 1 N–H and O–H groups in total. The third kappa shape index (κ3) is 7.86. The average Bonchev–Trinajstić information content (AvgIpc) is 2.42. The molecule has 0 saturated heterocycles. The van der Waals surface area contributed by atoms with Gasteiger partial charge >= 0.3 is 6.09 Å². The van der Waals surface area contributed by atoms with Gasteiger partial charge in [-0.25, -0.2) is 14.2 Å². The molecular weight excluding hydrogens is 391 g/mol. The Balaban J connectivity index is 2.93. The van der Waals surface area contributed by atoms with Crippen LogP contribution in [0.25, 0.3) is 0 Å². The first-order chi connectivity index (χ1) is 11.4. The number of amides is 1. The van der Waals surface area contributed by atoms with E-state index in [1.54, 1.807) is 32.9 Å². The fourth-order valence-electron chi connectivity index (χ4n) is 2.20. The lowest BCUT2D eigenvalue weighted by Gasteiger charge is -2.30. The Kier molecular flexibility index (Phi) is 7.41. The fraction of sp³-hybridized carbons (Fsp3) is 0.556. The Morgan fingerprint density at radius 1 is 1.32 bits per heavy atom. The molecule has 0 spiro atoms. The summed E-state index contributed by atoms with van der Waals surface area (Å²) in [6.07, 6.45) is 1.33. The van der Waals surface area contributed by atoms with Crippen molar-refractivity contribution in [1.29, 1.82) is 0 Å². The largest absolute Gasteiger partial charge is 0.489 e. The summed E-state index contributed by atoms with van der Waals surface area (Å²) < 4.78 is 24.7. The summed E-state index contributed by atoms with van der Waals surface area (Å²) in [4.78, 5) is 16.2. The first kappa shape index (κ1) is 21.4. The van der Waals surface area contributed by atoms with Crippen molar-refractivity contribution in [3.63, 3.8) is 0 Å². The number of hydrogen-bond donors (Lipinski definition) is 1. The van der Waals surface area contributed by atoms with E-state index < -0.39 is 23.9 Å². The van der Waals surface area contributed by atoms with Gasteiger partial charge in [-0.3, -0.25) is 0 Å². The number of nitrogens with one attached hydrogen (secondary N) is 1. The fourth-order valence-corrected chi connectivity index (χ4v) is 2.55. The van der Waals surface area contributed by atoms with Gasteiger partial charge in [-0.05, 0) is 69.6 Å². The highest BCUT2D eigenvalue weighted by Crippen LogP contribution is 2.22. The van der Waals surface area contributed by atoms with Crippen LogP contribution in [0.1, 0.15) is 47.2 Å². The molecule has 1 atom stereocenters. The van der Waals surface area contributed by atoms with Crippen LogP contribution in [0.4, 0.5) is 9.18 Å². The average molecular weight is 417 g/mol. The van der Waals surface area contributed by atoms with Crippen LogP contribution >= 0.6 is 15.9 Å². The second-order valence-corrected chi connectivity index (χ2v) is 8.08. The molecule has 0 bridgehead atoms. The molecule has 1 amide bonds. The lowest BCUT2D eigenvalue weighted by molar-refractivity contribution is 0.0458. The topological polar surface area (TPSA) is 60.5 Å². The lowest BCUT2D eigenvalue weighted by Crippen LogP contribution is -2.50. The highest BCUT2D eigenvalue weighted by atomic mass is 79.9. The number of aromatic nitrogens is 1. The zero-order valence-electron chi connectivity index (χ0n) is 15.6. The molecule has 7 heteroatoms. The predicted octanol–water partition coefficient (Wildman–Crippen LogP) is 4.94. The van der Waals surface area contributed by atoms with Gasteiger partial charge in [0.15, 0.2) is 0 Å². The molecule has 5 nitrogen and oxygen atoms in total. The number of alkyl halides is 1. The standard InChI is InChI=1S/C18H26BrFN2O3/c1-12(2)9-18(6,22-16(23)25-17(3,4)5)11-24-14-7-8-15(19)21-13(14)10-20/h7-9H,10-11H2,1-6H3,(H,22,23). The zero-order valence-corrected chi connectivity index (χ0v) is 17.2. The maximum atomic E-state index is 13.1. The maximum absolute atomic E-state index is 13.1. The molecule has 0 aliphatic heterocycles. The highest BCUT2D eigenvalue weighted by Gasteiger charge is 2.28. The van der Waals surface area contributed by atoms with E-state index in [0.717, 1.165) is 5.57 Å². The van der Waals surface area contributed by atoms with Gasteiger partial charge in [-0.2, -0.15) is 0 Å². The molecule has 0 aromatic carbocycles. The monoisotopic (exact) mass is 416 g/mol. The molecule has 1 unspecified atom stereocenters. The minimum atomic E-state index is -0.818. The second kappa shape index (κ2) is 8.65. The number of allylic oxidation sites excluding steroid dienone is 1. The van der Waals surface area contributed by atoms with E-state index in [0.29, 0.717) is 10.4 Å². The molecule has 0 saturated carbocycles. The van der Waals surface area contributed by atoms with Gasteiger partial charge in [-0.15, -0.1) is 0 Å². The van der Waals surface area contributed by atoms with Crippen molar-refractivity contribution < 1.29 is 18.7 Å². The number of nitrogens with zero attached hydrogens (tertiary/aromatic N) is 1. The number of halogens is 2. The van der Waals surface area contributed by atoms with Gasteiger partial charge in [0.25, 0.3) is 0 Å². The zero-order chi connectivity index (χ0) is 19.3. The number of carbonyl (C=O) groups excluding carboxylic acids is 1. The molecule has 0 radical (unpaired) electrons. The van der Waals surface area contributed by atoms with Crippen molar-refractivity contribution in [2.75, 3.05) is 6.61 Å². The van der Waals surface area contributed by atoms with Crippen molar-refractivity contribution >= 4 is 22.0 Å². The summed E-state index contributed by atoms with van der Waals surface area (Å²) >= 11 is 3.20. The SMILES string of the molecule is CC(C)=CC(C)(COc1ccc(Br)nc1CF)NC(=O)OC(C)(C)C. The number of rotatable bonds is 6. The summed E-state index contributed by atoms with van der Waals surface area (Å²) in [6.45, 7) is 10.4. The minimum Gasteiger partial charge on any atom is -0.489 e. The van der Waals surface area contributed by atoms with Crippen molar-refractivity contribution in [2.24, 2.45) is 0 Å². The first-order valence-corrected chi connectivity index (χ1v) is 8.75. The van der Waals surface area contributed by atoms with Crippen LogP contribution in [0.3, 0.4) is 0 Å². The normalized spacial score (nSPS) is 13.6. The minimum absolute atomic E-state index is 0.105. The van der Waals surface area contributed by atoms with Gasteiger partial charge in [0.05, 0.1) is 5.54 Å². The van der Waals surface area contributed by atoms with E-state index >= 15 is 0 Å². The van der Waals surface area contributed by atoms with Crippen LogP contribution in [0.5, 0.6) is 5.75 Å². The predicted molar refractivity (Wildman–Crippen MR) is 99.4 cm³/mol. The maximum Gasteiger partial charge on any atom is 0.408 e. The number of hydrogen-bond acceptors (Lipinski definition) is 4. The second-order valence-electron chi connectivity index (χ2n) is 7.27. The van der Waals surface area contributed by atoms with Crippen molar-refractivity contribution in [3.8, 4) is 5.75 Å². The molecule has 0 aliphatic rings. The summed E-state index contributed by atoms with van der Waals surface area (Å²) in [5.41, 5.74) is -0.219. The number of ether oxygens (including phenoxy) is 2. The smallest absolute Gasteiger partial charge is 0.408 e. The van der Waals surface area contributed by atoms with Crippen LogP contribution in [0.15, 0.2) is 28.4 Å². The highest BCUT2D eigenvalue weighted by molar-refractivity contribution is 9.10. The van der Waals surface area contributed by atoms with E-state index in [2.05, 4.69) is 26.2 Å². The van der Waals surface area contributed by atoms with E-state index in [1.807, 2.05) is 26.8 Å². The molecule has 1 aromatic heterocycles. The first-order valence-electron chi connectivity index (χ1n) is 7.95. The van der Waals surface area contributed by atoms with Crippen molar-refractivity contribution in [3.05, 3.63) is 34.1 Å². The summed E-state index contributed by atoms with van der Waals surface area (Å²) in [5, 5.41) is 2.81. The van der Waals surface area contributed by atoms with Crippen LogP contribution in [-0.2, 0) is 11.4 Å². The number of carbonyl (C=O) groups is 1. The van der Waals surface area contributed by atoms with Crippen molar-refractivity contribution in [1.82, 2.24) is 10.3 Å². The quantitative estimate of drug-likeness (QED) is 0.526. The van der Waals surface area contributed by atoms with Gasteiger partial charge in [0.2, 0.25) is 0 Å².